The number of benzene rings is 1. The molecule has 0 heterocycles. The van der Waals surface area contributed by atoms with Crippen molar-refractivity contribution < 1.29 is 4.39 Å². The summed E-state index contributed by atoms with van der Waals surface area (Å²) in [5.74, 6) is -0.0828. The molecule has 0 radical (unpaired) electrons. The maximum atomic E-state index is 13.2. The van der Waals surface area contributed by atoms with Crippen molar-refractivity contribution in [3.8, 4) is 0 Å². The minimum absolute atomic E-state index is 0.0828. The zero-order valence-electron chi connectivity index (χ0n) is 16.1. The van der Waals surface area contributed by atoms with E-state index in [-0.39, 0.29) is 5.82 Å². The van der Waals surface area contributed by atoms with E-state index in [1.807, 2.05) is 0 Å². The average molecular weight is 440 g/mol. The third-order valence-electron chi connectivity index (χ3n) is 4.92. The maximum absolute atomic E-state index is 13.2. The van der Waals surface area contributed by atoms with E-state index in [9.17, 15) is 4.39 Å². The van der Waals surface area contributed by atoms with E-state index in [0.29, 0.717) is 0 Å². The number of hydrogen-bond donors (Lipinski definition) is 0. The molecule has 1 aromatic rings. The van der Waals surface area contributed by atoms with Crippen molar-refractivity contribution in [2.24, 2.45) is 0 Å². The van der Waals surface area contributed by atoms with Crippen molar-refractivity contribution in [2.75, 3.05) is 0 Å². The standard InChI is InChI=1S/2C8H17.C6H4F.Sn/c2*1-3-5-7-8-6-4-2;7-6-4-2-1-3-5-6;/h2*1,3-8H2,2H3;2-5H;/q;;;+1. The number of rotatable bonds is 15. The van der Waals surface area contributed by atoms with Gasteiger partial charge in [0.05, 0.1) is 0 Å². The Kier molecular flexibility index (Phi) is 13.9. The zero-order valence-corrected chi connectivity index (χ0v) is 18.9. The van der Waals surface area contributed by atoms with Gasteiger partial charge in [0.1, 0.15) is 0 Å². The van der Waals surface area contributed by atoms with Crippen molar-refractivity contribution in [3.63, 3.8) is 0 Å². The van der Waals surface area contributed by atoms with Crippen molar-refractivity contribution in [1.82, 2.24) is 0 Å². The Bertz CT molecular complexity index is 371. The summed E-state index contributed by atoms with van der Waals surface area (Å²) >= 11 is -1.53. The van der Waals surface area contributed by atoms with E-state index in [0.717, 1.165) is 0 Å². The van der Waals surface area contributed by atoms with Gasteiger partial charge in [-0.3, -0.25) is 0 Å². The molecule has 1 rings (SSSR count). The molecule has 0 nitrogen and oxygen atoms in total. The van der Waals surface area contributed by atoms with Crippen molar-refractivity contribution >= 4 is 23.3 Å². The topological polar surface area (TPSA) is 0 Å². The predicted octanol–water partition coefficient (Wildman–Crippen LogP) is 7.25. The molecule has 0 amide bonds. The first-order chi connectivity index (χ1) is 11.8. The van der Waals surface area contributed by atoms with Crippen LogP contribution in [0.4, 0.5) is 4.39 Å². The SMILES string of the molecule is CCCCCCC[CH2][Sn+]([CH2]CCCCCCC)[c]1ccc(F)cc1. The van der Waals surface area contributed by atoms with Gasteiger partial charge in [-0.1, -0.05) is 0 Å². The summed E-state index contributed by atoms with van der Waals surface area (Å²) < 4.78 is 17.7. The number of hydrogen-bond acceptors (Lipinski definition) is 0. The van der Waals surface area contributed by atoms with Gasteiger partial charge in [0.2, 0.25) is 0 Å². The molecule has 1 aromatic carbocycles. The van der Waals surface area contributed by atoms with E-state index in [1.165, 1.54) is 85.9 Å². The van der Waals surface area contributed by atoms with E-state index >= 15 is 0 Å². The van der Waals surface area contributed by atoms with Crippen LogP contribution in [0.1, 0.15) is 90.9 Å². The molecule has 24 heavy (non-hydrogen) atoms. The van der Waals surface area contributed by atoms with Gasteiger partial charge in [-0.25, -0.2) is 0 Å². The average Bonchev–Trinajstić information content (AvgIpc) is 2.60. The van der Waals surface area contributed by atoms with Crippen LogP contribution in [0, 0.1) is 5.82 Å². The van der Waals surface area contributed by atoms with Crippen molar-refractivity contribution in [2.45, 2.75) is 99.8 Å². The third kappa shape index (κ3) is 10.7. The monoisotopic (exact) mass is 441 g/mol. The Morgan fingerprint density at radius 3 is 1.50 bits per heavy atom. The molecule has 0 aliphatic rings. The molecule has 0 unspecified atom stereocenters. The van der Waals surface area contributed by atoms with E-state index in [4.69, 9.17) is 0 Å². The molecular weight excluding hydrogens is 402 g/mol. The first-order valence-electron chi connectivity index (χ1n) is 10.4. The van der Waals surface area contributed by atoms with Crippen LogP contribution in [0.25, 0.3) is 0 Å². The van der Waals surface area contributed by atoms with Gasteiger partial charge < -0.3 is 0 Å². The van der Waals surface area contributed by atoms with Crippen LogP contribution in [-0.4, -0.2) is 19.8 Å². The summed E-state index contributed by atoms with van der Waals surface area (Å²) in [7, 11) is 0. The molecular formula is C22H38FSn+. The molecule has 136 valence electrons. The molecule has 0 N–H and O–H groups in total. The van der Waals surface area contributed by atoms with E-state index < -0.39 is 19.8 Å². The molecule has 0 aromatic heterocycles. The van der Waals surface area contributed by atoms with Crippen LogP contribution in [-0.2, 0) is 0 Å². The Morgan fingerprint density at radius 2 is 1.04 bits per heavy atom. The summed E-state index contributed by atoms with van der Waals surface area (Å²) in [4.78, 5) is 0. The van der Waals surface area contributed by atoms with Gasteiger partial charge in [0.15, 0.2) is 0 Å². The molecule has 2 heteroatoms. The van der Waals surface area contributed by atoms with E-state index in [1.54, 1.807) is 15.7 Å². The second kappa shape index (κ2) is 15.2. The fourth-order valence-corrected chi connectivity index (χ4v) is 11.4. The van der Waals surface area contributed by atoms with Gasteiger partial charge in [-0.2, -0.15) is 0 Å². The second-order valence-electron chi connectivity index (χ2n) is 7.15. The summed E-state index contributed by atoms with van der Waals surface area (Å²) in [6.07, 6.45) is 16.7. The Labute approximate surface area is 157 Å². The van der Waals surface area contributed by atoms with Gasteiger partial charge in [0, 0.05) is 0 Å². The van der Waals surface area contributed by atoms with Crippen molar-refractivity contribution in [3.05, 3.63) is 30.1 Å². The quantitative estimate of drug-likeness (QED) is 0.199. The van der Waals surface area contributed by atoms with Gasteiger partial charge in [-0.05, 0) is 0 Å². The van der Waals surface area contributed by atoms with Crippen LogP contribution < -0.4 is 3.58 Å². The Hall–Kier alpha value is -0.0513. The predicted molar refractivity (Wildman–Crippen MR) is 108 cm³/mol. The van der Waals surface area contributed by atoms with E-state index in [2.05, 4.69) is 26.0 Å². The summed E-state index contributed by atoms with van der Waals surface area (Å²) in [5.41, 5.74) is 0. The number of unbranched alkanes of at least 4 members (excludes halogenated alkanes) is 10. The molecule has 0 bridgehead atoms. The molecule has 0 atom stereocenters. The molecule has 0 aliphatic heterocycles. The number of halogens is 1. The molecule has 0 saturated heterocycles. The van der Waals surface area contributed by atoms with Crippen LogP contribution in [0.5, 0.6) is 0 Å². The Morgan fingerprint density at radius 1 is 0.625 bits per heavy atom. The summed E-state index contributed by atoms with van der Waals surface area (Å²) in [5, 5.41) is 0. The van der Waals surface area contributed by atoms with Crippen LogP contribution in [0.2, 0.25) is 8.87 Å². The third-order valence-corrected chi connectivity index (χ3v) is 13.7. The van der Waals surface area contributed by atoms with Crippen LogP contribution >= 0.6 is 0 Å². The Balaban J connectivity index is 2.34. The van der Waals surface area contributed by atoms with Gasteiger partial charge in [-0.15, -0.1) is 0 Å². The van der Waals surface area contributed by atoms with Gasteiger partial charge >= 0.3 is 158 Å². The van der Waals surface area contributed by atoms with Gasteiger partial charge in [0.25, 0.3) is 0 Å². The molecule has 0 fully saturated rings. The first kappa shape index (κ1) is 22.0. The summed E-state index contributed by atoms with van der Waals surface area (Å²) in [6, 6.07) is 7.55. The van der Waals surface area contributed by atoms with Crippen LogP contribution in [0.3, 0.4) is 0 Å². The zero-order chi connectivity index (χ0) is 17.5. The summed E-state index contributed by atoms with van der Waals surface area (Å²) in [6.45, 7) is 4.56. The fourth-order valence-electron chi connectivity index (χ4n) is 3.34. The minimum atomic E-state index is -1.53. The normalized spacial score (nSPS) is 11.0. The first-order valence-corrected chi connectivity index (χ1v) is 15.8. The molecule has 0 spiro atoms. The molecule has 0 saturated carbocycles. The second-order valence-corrected chi connectivity index (χ2v) is 15.1. The fraction of sp³-hybridized carbons (Fsp3) is 0.727. The van der Waals surface area contributed by atoms with Crippen LogP contribution in [0.15, 0.2) is 24.3 Å². The molecule has 0 aliphatic carbocycles. The van der Waals surface area contributed by atoms with Crippen molar-refractivity contribution in [1.29, 1.82) is 0 Å².